The van der Waals surface area contributed by atoms with Crippen LogP contribution in [0.1, 0.15) is 40.2 Å². The van der Waals surface area contributed by atoms with Crippen LogP contribution in [0.3, 0.4) is 0 Å². The number of hydrogen-bond donors (Lipinski definition) is 0. The van der Waals surface area contributed by atoms with Crippen molar-refractivity contribution in [3.63, 3.8) is 0 Å². The maximum atomic E-state index is 12.3. The Bertz CT molecular complexity index is 754. The van der Waals surface area contributed by atoms with Gasteiger partial charge in [-0.3, -0.25) is 9.78 Å². The van der Waals surface area contributed by atoms with Crippen LogP contribution in [0.4, 0.5) is 0 Å². The number of carbonyl (C=O) groups excluding carboxylic acids is 1. The average Bonchev–Trinajstić information content (AvgIpc) is 3.36. The number of amides is 1. The van der Waals surface area contributed by atoms with Crippen LogP contribution in [0.2, 0.25) is 0 Å². The Morgan fingerprint density at radius 1 is 1.38 bits per heavy atom. The second-order valence-electron chi connectivity index (χ2n) is 6.57. The lowest BCUT2D eigenvalue weighted by Gasteiger charge is -2.30. The second kappa shape index (κ2) is 6.61. The predicted octanol–water partition coefficient (Wildman–Crippen LogP) is 2.86. The zero-order valence-corrected chi connectivity index (χ0v) is 14.6. The largest absolute Gasteiger partial charge is 0.370 e. The normalized spacial score (nSPS) is 17.0. The topological polar surface area (TPSA) is 55.3 Å². The van der Waals surface area contributed by atoms with Gasteiger partial charge in [-0.1, -0.05) is 0 Å². The van der Waals surface area contributed by atoms with Crippen LogP contribution in [0, 0.1) is 12.8 Å². The van der Waals surface area contributed by atoms with Crippen molar-refractivity contribution < 1.29 is 9.53 Å². The first-order chi connectivity index (χ1) is 11.7. The van der Waals surface area contributed by atoms with Crippen LogP contribution in [0.25, 0.3) is 0 Å². The van der Waals surface area contributed by atoms with Crippen molar-refractivity contribution in [1.29, 1.82) is 0 Å². The molecule has 3 heterocycles. The number of fused-ring (bicyclic) bond motifs is 1. The molecule has 1 fully saturated rings. The highest BCUT2D eigenvalue weighted by molar-refractivity contribution is 7.09. The lowest BCUT2D eigenvalue weighted by atomic mass is 9.97. The second-order valence-corrected chi connectivity index (χ2v) is 7.63. The summed E-state index contributed by atoms with van der Waals surface area (Å²) >= 11 is 1.64. The Hall–Kier alpha value is -1.79. The summed E-state index contributed by atoms with van der Waals surface area (Å²) in [7, 11) is 0. The zero-order chi connectivity index (χ0) is 16.5. The summed E-state index contributed by atoms with van der Waals surface area (Å²) in [6.07, 6.45) is 6.80. The minimum absolute atomic E-state index is 0.285. The molecule has 0 saturated heterocycles. The molecule has 1 aliphatic carbocycles. The third kappa shape index (κ3) is 3.35. The summed E-state index contributed by atoms with van der Waals surface area (Å²) in [4.78, 5) is 23.0. The summed E-state index contributed by atoms with van der Waals surface area (Å²) in [6, 6.07) is 0. The number of nitrogens with zero attached hydrogens (tertiary/aromatic N) is 3. The molecule has 24 heavy (non-hydrogen) atoms. The van der Waals surface area contributed by atoms with Gasteiger partial charge in [-0.2, -0.15) is 0 Å². The molecule has 126 valence electrons. The Kier molecular flexibility index (Phi) is 4.33. The van der Waals surface area contributed by atoms with Gasteiger partial charge in [0.05, 0.1) is 23.9 Å². The predicted molar refractivity (Wildman–Crippen MR) is 91.4 cm³/mol. The van der Waals surface area contributed by atoms with Gasteiger partial charge in [0.25, 0.3) is 0 Å². The van der Waals surface area contributed by atoms with E-state index in [0.29, 0.717) is 25.7 Å². The van der Waals surface area contributed by atoms with Crippen molar-refractivity contribution in [2.45, 2.75) is 45.9 Å². The molecule has 2 aromatic rings. The molecule has 0 radical (unpaired) electrons. The average molecular weight is 343 g/mol. The zero-order valence-electron chi connectivity index (χ0n) is 13.8. The number of rotatable bonds is 5. The third-order valence-electron chi connectivity index (χ3n) is 4.64. The van der Waals surface area contributed by atoms with E-state index in [1.54, 1.807) is 11.3 Å². The summed E-state index contributed by atoms with van der Waals surface area (Å²) in [5, 5.41) is 3.10. The van der Waals surface area contributed by atoms with Crippen molar-refractivity contribution in [3.05, 3.63) is 45.2 Å². The number of ether oxygens (including phenoxy) is 1. The van der Waals surface area contributed by atoms with Gasteiger partial charge in [0.2, 0.25) is 5.91 Å². The number of aryl methyl sites for hydroxylation is 1. The van der Waals surface area contributed by atoms with Crippen LogP contribution in [0.5, 0.6) is 0 Å². The van der Waals surface area contributed by atoms with Crippen molar-refractivity contribution in [2.24, 2.45) is 5.92 Å². The lowest BCUT2D eigenvalue weighted by Crippen LogP contribution is -2.37. The van der Waals surface area contributed by atoms with E-state index in [0.717, 1.165) is 42.1 Å². The highest BCUT2D eigenvalue weighted by atomic mass is 32.1. The minimum Gasteiger partial charge on any atom is -0.370 e. The molecule has 0 bridgehead atoms. The van der Waals surface area contributed by atoms with E-state index >= 15 is 0 Å². The first kappa shape index (κ1) is 15.7. The number of hydrogen-bond acceptors (Lipinski definition) is 5. The molecular weight excluding hydrogens is 322 g/mol. The smallest absolute Gasteiger partial charge is 0.225 e. The highest BCUT2D eigenvalue weighted by Crippen LogP contribution is 2.33. The van der Waals surface area contributed by atoms with Gasteiger partial charge in [0, 0.05) is 36.8 Å². The van der Waals surface area contributed by atoms with Crippen molar-refractivity contribution in [3.8, 4) is 0 Å². The number of pyridine rings is 1. The van der Waals surface area contributed by atoms with Crippen molar-refractivity contribution in [2.75, 3.05) is 6.54 Å². The Morgan fingerprint density at radius 2 is 2.25 bits per heavy atom. The fourth-order valence-corrected chi connectivity index (χ4v) is 3.81. The molecule has 2 aromatic heterocycles. The van der Waals surface area contributed by atoms with Gasteiger partial charge in [-0.15, -0.1) is 11.3 Å². The molecule has 1 saturated carbocycles. The first-order valence-corrected chi connectivity index (χ1v) is 9.31. The number of carbonyl (C=O) groups is 1. The van der Waals surface area contributed by atoms with Gasteiger partial charge in [-0.25, -0.2) is 4.98 Å². The molecule has 2 aliphatic rings. The molecule has 6 heteroatoms. The van der Waals surface area contributed by atoms with E-state index < -0.39 is 0 Å². The van der Waals surface area contributed by atoms with Crippen LogP contribution >= 0.6 is 11.3 Å². The molecule has 0 unspecified atom stereocenters. The van der Waals surface area contributed by atoms with E-state index in [1.807, 2.05) is 29.6 Å². The molecular formula is C18H21N3O2S. The summed E-state index contributed by atoms with van der Waals surface area (Å²) < 4.78 is 5.83. The van der Waals surface area contributed by atoms with Crippen molar-refractivity contribution in [1.82, 2.24) is 14.9 Å². The lowest BCUT2D eigenvalue weighted by molar-refractivity contribution is -0.133. The van der Waals surface area contributed by atoms with Crippen molar-refractivity contribution >= 4 is 17.2 Å². The van der Waals surface area contributed by atoms with E-state index in [9.17, 15) is 4.79 Å². The monoisotopic (exact) mass is 343 g/mol. The van der Waals surface area contributed by atoms with Crippen LogP contribution in [-0.4, -0.2) is 27.3 Å². The number of thiazole rings is 1. The summed E-state index contributed by atoms with van der Waals surface area (Å²) in [6.45, 7) is 4.57. The fraction of sp³-hybridized carbons (Fsp3) is 0.500. The fourth-order valence-electron chi connectivity index (χ4n) is 3.21. The quantitative estimate of drug-likeness (QED) is 0.838. The SMILES string of the molecule is Cc1nc(COCc2cncc3c2CCN(C(=O)C2CC2)C3)cs1. The van der Waals surface area contributed by atoms with E-state index in [1.165, 1.54) is 11.1 Å². The summed E-state index contributed by atoms with van der Waals surface area (Å²) in [5.74, 6) is 0.605. The van der Waals surface area contributed by atoms with Gasteiger partial charge in [-0.05, 0) is 42.9 Å². The standard InChI is InChI=1S/C18H21N3O2S/c1-12-20-16(11-24-12)10-23-9-15-7-19-6-14-8-21(5-4-17(14)15)18(22)13-2-3-13/h6-7,11,13H,2-5,8-10H2,1H3. The first-order valence-electron chi connectivity index (χ1n) is 8.43. The molecule has 0 spiro atoms. The maximum absolute atomic E-state index is 12.3. The molecule has 1 aliphatic heterocycles. The number of aromatic nitrogens is 2. The Morgan fingerprint density at radius 3 is 3.00 bits per heavy atom. The Balaban J connectivity index is 1.40. The van der Waals surface area contributed by atoms with E-state index in [2.05, 4.69) is 9.97 Å². The maximum Gasteiger partial charge on any atom is 0.225 e. The van der Waals surface area contributed by atoms with Crippen LogP contribution < -0.4 is 0 Å². The van der Waals surface area contributed by atoms with Gasteiger partial charge in [0.15, 0.2) is 0 Å². The van der Waals surface area contributed by atoms with Crippen LogP contribution in [0.15, 0.2) is 17.8 Å². The molecule has 0 atom stereocenters. The minimum atomic E-state index is 0.285. The van der Waals surface area contributed by atoms with Gasteiger partial charge in [0.1, 0.15) is 0 Å². The molecule has 1 amide bonds. The van der Waals surface area contributed by atoms with Crippen LogP contribution in [-0.2, 0) is 35.7 Å². The van der Waals surface area contributed by atoms with E-state index in [-0.39, 0.29) is 5.92 Å². The molecule has 0 N–H and O–H groups in total. The summed E-state index contributed by atoms with van der Waals surface area (Å²) in [5.41, 5.74) is 4.59. The van der Waals surface area contributed by atoms with Gasteiger partial charge >= 0.3 is 0 Å². The molecule has 4 rings (SSSR count). The Labute approximate surface area is 145 Å². The van der Waals surface area contributed by atoms with Gasteiger partial charge < -0.3 is 9.64 Å². The highest BCUT2D eigenvalue weighted by Gasteiger charge is 2.34. The molecule has 0 aromatic carbocycles. The third-order valence-corrected chi connectivity index (χ3v) is 5.46. The van der Waals surface area contributed by atoms with E-state index in [4.69, 9.17) is 4.74 Å². The molecule has 5 nitrogen and oxygen atoms in total.